The summed E-state index contributed by atoms with van der Waals surface area (Å²) in [6.45, 7) is 8.69. The highest BCUT2D eigenvalue weighted by atomic mass is 19.1. The van der Waals surface area contributed by atoms with E-state index in [-0.39, 0.29) is 11.6 Å². The highest BCUT2D eigenvalue weighted by molar-refractivity contribution is 5.39. The fourth-order valence-corrected chi connectivity index (χ4v) is 8.17. The van der Waals surface area contributed by atoms with E-state index < -0.39 is 0 Å². The third-order valence-electron chi connectivity index (χ3n) is 11.9. The van der Waals surface area contributed by atoms with Gasteiger partial charge in [-0.3, -0.25) is 0 Å². The first-order valence-corrected chi connectivity index (χ1v) is 21.7. The van der Waals surface area contributed by atoms with Crippen LogP contribution in [0.15, 0.2) is 84.9 Å². The molecule has 0 amide bonds. The molecule has 0 bridgehead atoms. The molecule has 4 aromatic carbocycles. The SMILES string of the molecule is CCCCc1ccc(C#CC2CCC(c3ccc(CC)cc3)CC2)cc1F.CCCCc1ccc(C#CC2CCC(c3ccc(CCC)cc3)CC2)cc1F. The fourth-order valence-electron chi connectivity index (χ4n) is 8.17. The van der Waals surface area contributed by atoms with Crippen molar-refractivity contribution < 1.29 is 8.78 Å². The van der Waals surface area contributed by atoms with Crippen molar-refractivity contribution in [1.82, 2.24) is 0 Å². The highest BCUT2D eigenvalue weighted by Gasteiger charge is 2.22. The van der Waals surface area contributed by atoms with E-state index in [2.05, 4.69) is 99.9 Å². The number of aryl methyl sites for hydroxylation is 4. The van der Waals surface area contributed by atoms with Crippen molar-refractivity contribution in [2.24, 2.45) is 11.8 Å². The fraction of sp³-hybridized carbons (Fsp3) is 0.472. The van der Waals surface area contributed by atoms with E-state index in [4.69, 9.17) is 0 Å². The normalized spacial score (nSPS) is 19.2. The molecule has 0 N–H and O–H groups in total. The maximum Gasteiger partial charge on any atom is 0.127 e. The van der Waals surface area contributed by atoms with Crippen molar-refractivity contribution >= 4 is 0 Å². The van der Waals surface area contributed by atoms with Gasteiger partial charge in [-0.2, -0.15) is 0 Å². The maximum absolute atomic E-state index is 14.2. The summed E-state index contributed by atoms with van der Waals surface area (Å²) < 4.78 is 28.4. The molecule has 0 saturated heterocycles. The molecule has 2 aliphatic rings. The Kier molecular flexibility index (Phi) is 17.1. The number of benzene rings is 4. The lowest BCUT2D eigenvalue weighted by Gasteiger charge is -2.26. The summed E-state index contributed by atoms with van der Waals surface area (Å²) in [4.78, 5) is 0. The third-order valence-corrected chi connectivity index (χ3v) is 11.9. The Morgan fingerprint density at radius 1 is 0.473 bits per heavy atom. The van der Waals surface area contributed by atoms with Gasteiger partial charge in [0.15, 0.2) is 0 Å². The standard InChI is InChI=1S/C27H33F.C26H31F/c1-3-5-7-26-19-14-23(20-27(26)28)9-8-22-12-17-25(18-13-22)24-15-10-21(6-4-2)11-16-24;1-3-5-6-25-18-13-22(19-26(25)27)8-7-21-11-16-24(17-12-21)23-14-9-20(4-2)10-15-23/h10-11,14-16,19-20,22,25H,3-7,12-13,17-18H2,1-2H3;9-10,13-15,18-19,21,24H,3-6,11-12,16-17H2,1-2H3. The number of hydrogen-bond donors (Lipinski definition) is 0. The second-order valence-corrected chi connectivity index (χ2v) is 16.0. The number of hydrogen-bond acceptors (Lipinski definition) is 0. The summed E-state index contributed by atoms with van der Waals surface area (Å²) in [5.74, 6) is 15.3. The van der Waals surface area contributed by atoms with Crippen molar-refractivity contribution in [2.45, 2.75) is 149 Å². The molecule has 2 aliphatic carbocycles. The molecule has 0 spiro atoms. The molecule has 2 heteroatoms. The number of rotatable bonds is 11. The van der Waals surface area contributed by atoms with Gasteiger partial charge in [0.1, 0.15) is 11.6 Å². The van der Waals surface area contributed by atoms with Gasteiger partial charge >= 0.3 is 0 Å². The summed E-state index contributed by atoms with van der Waals surface area (Å²) in [5.41, 5.74) is 9.07. The minimum Gasteiger partial charge on any atom is -0.207 e. The molecule has 0 nitrogen and oxygen atoms in total. The Morgan fingerprint density at radius 2 is 0.891 bits per heavy atom. The van der Waals surface area contributed by atoms with Crippen LogP contribution in [0.1, 0.15) is 168 Å². The zero-order valence-electron chi connectivity index (χ0n) is 34.2. The van der Waals surface area contributed by atoms with Gasteiger partial charge in [0.25, 0.3) is 0 Å². The van der Waals surface area contributed by atoms with Crippen LogP contribution in [-0.2, 0) is 25.7 Å². The van der Waals surface area contributed by atoms with Gasteiger partial charge in [0.05, 0.1) is 0 Å². The second-order valence-electron chi connectivity index (χ2n) is 16.0. The van der Waals surface area contributed by atoms with Crippen LogP contribution in [0, 0.1) is 47.2 Å². The van der Waals surface area contributed by atoms with Gasteiger partial charge in [0, 0.05) is 23.0 Å². The smallest absolute Gasteiger partial charge is 0.127 e. The average Bonchev–Trinajstić information content (AvgIpc) is 3.22. The molecular formula is C53H64F2. The van der Waals surface area contributed by atoms with Crippen molar-refractivity contribution in [3.63, 3.8) is 0 Å². The first kappa shape index (κ1) is 42.0. The summed E-state index contributed by atoms with van der Waals surface area (Å²) in [7, 11) is 0. The van der Waals surface area contributed by atoms with Crippen molar-refractivity contribution in [3.05, 3.63) is 141 Å². The molecular weight excluding hydrogens is 675 g/mol. The Bertz CT molecular complexity index is 1860. The molecule has 0 atom stereocenters. The van der Waals surface area contributed by atoms with Crippen LogP contribution in [0.3, 0.4) is 0 Å². The van der Waals surface area contributed by atoms with Crippen LogP contribution in [0.25, 0.3) is 0 Å². The van der Waals surface area contributed by atoms with Gasteiger partial charge in [-0.25, -0.2) is 8.78 Å². The summed E-state index contributed by atoms with van der Waals surface area (Å²) in [5, 5.41) is 0. The molecule has 2 fully saturated rings. The van der Waals surface area contributed by atoms with E-state index in [0.717, 1.165) is 92.9 Å². The summed E-state index contributed by atoms with van der Waals surface area (Å²) >= 11 is 0. The Morgan fingerprint density at radius 3 is 1.25 bits per heavy atom. The zero-order chi connectivity index (χ0) is 38.8. The zero-order valence-corrected chi connectivity index (χ0v) is 34.2. The second kappa shape index (κ2) is 22.4. The molecule has 4 aromatic rings. The Balaban J connectivity index is 0.000000211. The van der Waals surface area contributed by atoms with Crippen LogP contribution in [0.4, 0.5) is 8.78 Å². The predicted molar refractivity (Wildman–Crippen MR) is 229 cm³/mol. The number of halogens is 2. The lowest BCUT2D eigenvalue weighted by Crippen LogP contribution is -2.12. The van der Waals surface area contributed by atoms with Crippen LogP contribution < -0.4 is 0 Å². The van der Waals surface area contributed by atoms with Crippen LogP contribution >= 0.6 is 0 Å². The number of unbranched alkanes of at least 4 members (excludes halogenated alkanes) is 2. The lowest BCUT2D eigenvalue weighted by molar-refractivity contribution is 0.384. The van der Waals surface area contributed by atoms with E-state index in [9.17, 15) is 8.78 Å². The van der Waals surface area contributed by atoms with E-state index in [0.29, 0.717) is 23.7 Å². The van der Waals surface area contributed by atoms with Gasteiger partial charge in [-0.05, 0) is 159 Å². The minimum absolute atomic E-state index is 0.101. The van der Waals surface area contributed by atoms with E-state index in [1.54, 1.807) is 12.1 Å². The highest BCUT2D eigenvalue weighted by Crippen LogP contribution is 2.37. The van der Waals surface area contributed by atoms with E-state index in [1.807, 2.05) is 24.3 Å². The van der Waals surface area contributed by atoms with Crippen molar-refractivity contribution in [2.75, 3.05) is 0 Å². The van der Waals surface area contributed by atoms with Gasteiger partial charge in [-0.15, -0.1) is 0 Å². The maximum atomic E-state index is 14.2. The average molecular weight is 739 g/mol. The quantitative estimate of drug-likeness (QED) is 0.134. The molecule has 290 valence electrons. The summed E-state index contributed by atoms with van der Waals surface area (Å²) in [6, 6.07) is 29.4. The summed E-state index contributed by atoms with van der Waals surface area (Å²) in [6.07, 6.45) is 18.7. The molecule has 6 rings (SSSR count). The lowest BCUT2D eigenvalue weighted by atomic mass is 9.78. The molecule has 0 aliphatic heterocycles. The topological polar surface area (TPSA) is 0 Å². The Labute approximate surface area is 333 Å². The molecule has 55 heavy (non-hydrogen) atoms. The largest absolute Gasteiger partial charge is 0.207 e. The van der Waals surface area contributed by atoms with Gasteiger partial charge < -0.3 is 0 Å². The third kappa shape index (κ3) is 13.2. The first-order chi connectivity index (χ1) is 26.9. The minimum atomic E-state index is -0.102. The first-order valence-electron chi connectivity index (χ1n) is 21.7. The predicted octanol–water partition coefficient (Wildman–Crippen LogP) is 14.5. The van der Waals surface area contributed by atoms with Crippen LogP contribution in [0.2, 0.25) is 0 Å². The van der Waals surface area contributed by atoms with Crippen LogP contribution in [0.5, 0.6) is 0 Å². The Hall–Kier alpha value is -4.14. The van der Waals surface area contributed by atoms with E-state index >= 15 is 0 Å². The molecule has 0 aromatic heterocycles. The molecule has 0 unspecified atom stereocenters. The van der Waals surface area contributed by atoms with E-state index in [1.165, 1.54) is 60.8 Å². The molecule has 0 heterocycles. The van der Waals surface area contributed by atoms with Gasteiger partial charge in [-0.1, -0.05) is 131 Å². The monoisotopic (exact) mass is 738 g/mol. The van der Waals surface area contributed by atoms with Gasteiger partial charge in [0.2, 0.25) is 0 Å². The van der Waals surface area contributed by atoms with Crippen molar-refractivity contribution in [1.29, 1.82) is 0 Å². The van der Waals surface area contributed by atoms with Crippen molar-refractivity contribution in [3.8, 4) is 23.7 Å². The molecule has 0 radical (unpaired) electrons. The van der Waals surface area contributed by atoms with Crippen LogP contribution in [-0.4, -0.2) is 0 Å². The molecule has 2 saturated carbocycles.